The Kier molecular flexibility index (Phi) is 4.72. The molecule has 1 unspecified atom stereocenters. The van der Waals surface area contributed by atoms with Gasteiger partial charge in [0.2, 0.25) is 0 Å². The number of hydrogen-bond acceptors (Lipinski definition) is 3. The third-order valence-corrected chi connectivity index (χ3v) is 3.10. The van der Waals surface area contributed by atoms with Crippen LogP contribution in [0, 0.1) is 0 Å². The summed E-state index contributed by atoms with van der Waals surface area (Å²) in [6.45, 7) is 0. The molecular weight excluding hydrogens is 292 g/mol. The van der Waals surface area contributed by atoms with E-state index in [0.717, 1.165) is 6.07 Å². The van der Waals surface area contributed by atoms with Gasteiger partial charge in [-0.25, -0.2) is 0 Å². The van der Waals surface area contributed by atoms with E-state index in [-0.39, 0.29) is 5.75 Å². The molecule has 2 rings (SSSR count). The summed E-state index contributed by atoms with van der Waals surface area (Å²) >= 11 is 0. The minimum atomic E-state index is -3.57. The van der Waals surface area contributed by atoms with Gasteiger partial charge in [-0.3, -0.25) is 4.79 Å². The molecule has 4 nitrogen and oxygen atoms in total. The summed E-state index contributed by atoms with van der Waals surface area (Å²) in [7, 11) is 1.18. The second-order valence-corrected chi connectivity index (χ2v) is 4.63. The number of alkyl halides is 2. The number of aliphatic carboxylic acids is 1. The molecule has 0 bridgehead atoms. The Bertz CT molecular complexity index is 647. The molecule has 0 aliphatic carbocycles. The standard InChI is InChI=1S/C16H15F2NO3/c1-19-14(15(20)21)16(17,18)11-6-5-9-13(10-11)22-12-7-3-2-4-8-12/h2-10,14,19H,1H3,(H,20,21). The van der Waals surface area contributed by atoms with Crippen molar-refractivity contribution in [2.75, 3.05) is 7.05 Å². The van der Waals surface area contributed by atoms with E-state index in [1.807, 2.05) is 6.07 Å². The zero-order valence-corrected chi connectivity index (χ0v) is 11.8. The number of ether oxygens (including phenoxy) is 1. The fourth-order valence-corrected chi connectivity index (χ4v) is 2.02. The molecule has 2 N–H and O–H groups in total. The number of carbonyl (C=O) groups is 1. The van der Waals surface area contributed by atoms with Crippen molar-refractivity contribution < 1.29 is 23.4 Å². The fraction of sp³-hybridized carbons (Fsp3) is 0.188. The van der Waals surface area contributed by atoms with Crippen molar-refractivity contribution in [3.63, 3.8) is 0 Å². The number of carboxylic acid groups (broad SMARTS) is 1. The average Bonchev–Trinajstić information content (AvgIpc) is 2.48. The van der Waals surface area contributed by atoms with Crippen molar-refractivity contribution in [2.45, 2.75) is 12.0 Å². The first-order valence-corrected chi connectivity index (χ1v) is 6.56. The first-order chi connectivity index (χ1) is 10.4. The molecule has 0 amide bonds. The predicted octanol–water partition coefficient (Wildman–Crippen LogP) is 3.24. The Hall–Kier alpha value is -2.47. The smallest absolute Gasteiger partial charge is 0.327 e. The normalized spacial score (nSPS) is 12.7. The number of benzene rings is 2. The van der Waals surface area contributed by atoms with Crippen molar-refractivity contribution in [2.24, 2.45) is 0 Å². The monoisotopic (exact) mass is 307 g/mol. The summed E-state index contributed by atoms with van der Waals surface area (Å²) in [5, 5.41) is 11.0. The lowest BCUT2D eigenvalue weighted by Crippen LogP contribution is -2.47. The van der Waals surface area contributed by atoms with Gasteiger partial charge in [0.05, 0.1) is 0 Å². The van der Waals surface area contributed by atoms with Crippen LogP contribution < -0.4 is 10.1 Å². The van der Waals surface area contributed by atoms with Crippen LogP contribution in [0.2, 0.25) is 0 Å². The van der Waals surface area contributed by atoms with Gasteiger partial charge >= 0.3 is 5.97 Å². The van der Waals surface area contributed by atoms with E-state index in [2.05, 4.69) is 5.32 Å². The van der Waals surface area contributed by atoms with E-state index in [1.54, 1.807) is 24.3 Å². The van der Waals surface area contributed by atoms with Gasteiger partial charge in [0.1, 0.15) is 11.5 Å². The highest BCUT2D eigenvalue weighted by atomic mass is 19.3. The highest BCUT2D eigenvalue weighted by molar-refractivity contribution is 5.75. The molecule has 0 spiro atoms. The molecule has 0 fully saturated rings. The lowest BCUT2D eigenvalue weighted by atomic mass is 10.0. The number of para-hydroxylation sites is 1. The molecule has 0 aliphatic rings. The number of nitrogens with one attached hydrogen (secondary N) is 1. The van der Waals surface area contributed by atoms with E-state index >= 15 is 0 Å². The first kappa shape index (κ1) is 15.9. The van der Waals surface area contributed by atoms with Crippen molar-refractivity contribution in [3.05, 3.63) is 60.2 Å². The lowest BCUT2D eigenvalue weighted by Gasteiger charge is -2.23. The predicted molar refractivity (Wildman–Crippen MR) is 77.3 cm³/mol. The van der Waals surface area contributed by atoms with Crippen LogP contribution in [0.1, 0.15) is 5.56 Å². The summed E-state index contributed by atoms with van der Waals surface area (Å²) in [4.78, 5) is 11.0. The van der Waals surface area contributed by atoms with Gasteiger partial charge in [-0.1, -0.05) is 30.3 Å². The lowest BCUT2D eigenvalue weighted by molar-refractivity contribution is -0.151. The molecule has 0 radical (unpaired) electrons. The molecule has 0 aliphatic heterocycles. The van der Waals surface area contributed by atoms with Crippen LogP contribution in [0.4, 0.5) is 8.78 Å². The molecule has 0 saturated carbocycles. The van der Waals surface area contributed by atoms with E-state index in [0.29, 0.717) is 5.75 Å². The molecule has 0 saturated heterocycles. The SMILES string of the molecule is CNC(C(=O)O)C(F)(F)c1cccc(Oc2ccccc2)c1. The molecule has 6 heteroatoms. The van der Waals surface area contributed by atoms with Gasteiger partial charge in [-0.15, -0.1) is 0 Å². The quantitative estimate of drug-likeness (QED) is 0.860. The first-order valence-electron chi connectivity index (χ1n) is 6.56. The third-order valence-electron chi connectivity index (χ3n) is 3.10. The number of carboxylic acids is 1. The van der Waals surface area contributed by atoms with Crippen LogP contribution in [0.3, 0.4) is 0 Å². The van der Waals surface area contributed by atoms with Gasteiger partial charge in [0.15, 0.2) is 6.04 Å². The van der Waals surface area contributed by atoms with E-state index in [1.165, 1.54) is 25.2 Å². The van der Waals surface area contributed by atoms with Gasteiger partial charge in [0.25, 0.3) is 5.92 Å². The highest BCUT2D eigenvalue weighted by Crippen LogP contribution is 2.34. The van der Waals surface area contributed by atoms with E-state index < -0.39 is 23.5 Å². The maximum absolute atomic E-state index is 14.3. The Labute approximate surface area is 126 Å². The third kappa shape index (κ3) is 3.40. The number of halogens is 2. The Morgan fingerprint density at radius 2 is 1.77 bits per heavy atom. The Balaban J connectivity index is 2.29. The van der Waals surface area contributed by atoms with Gasteiger partial charge in [-0.2, -0.15) is 8.78 Å². The van der Waals surface area contributed by atoms with Crippen LogP contribution in [0.5, 0.6) is 11.5 Å². The summed E-state index contributed by atoms with van der Waals surface area (Å²) < 4.78 is 34.1. The molecule has 0 heterocycles. The van der Waals surface area contributed by atoms with Gasteiger partial charge in [-0.05, 0) is 31.3 Å². The zero-order valence-electron chi connectivity index (χ0n) is 11.8. The molecule has 1 atom stereocenters. The van der Waals surface area contributed by atoms with Crippen LogP contribution in [0.15, 0.2) is 54.6 Å². The van der Waals surface area contributed by atoms with Crippen molar-refractivity contribution in [3.8, 4) is 11.5 Å². The minimum Gasteiger partial charge on any atom is -0.480 e. The largest absolute Gasteiger partial charge is 0.480 e. The topological polar surface area (TPSA) is 58.6 Å². The molecule has 0 aromatic heterocycles. The maximum Gasteiger partial charge on any atom is 0.327 e. The Morgan fingerprint density at radius 1 is 1.14 bits per heavy atom. The summed E-state index contributed by atoms with van der Waals surface area (Å²) in [6.07, 6.45) is 0. The van der Waals surface area contributed by atoms with Gasteiger partial charge < -0.3 is 15.2 Å². The zero-order chi connectivity index (χ0) is 16.2. The second kappa shape index (κ2) is 6.53. The van der Waals surface area contributed by atoms with Crippen LogP contribution >= 0.6 is 0 Å². The van der Waals surface area contributed by atoms with Crippen molar-refractivity contribution in [1.82, 2.24) is 5.32 Å². The summed E-state index contributed by atoms with van der Waals surface area (Å²) in [5.74, 6) is -4.48. The van der Waals surface area contributed by atoms with Crippen LogP contribution in [-0.4, -0.2) is 24.2 Å². The maximum atomic E-state index is 14.3. The van der Waals surface area contributed by atoms with Crippen LogP contribution in [-0.2, 0) is 10.7 Å². The molecule has 2 aromatic rings. The second-order valence-electron chi connectivity index (χ2n) is 4.63. The fourth-order valence-electron chi connectivity index (χ4n) is 2.02. The molecule has 22 heavy (non-hydrogen) atoms. The van der Waals surface area contributed by atoms with Gasteiger partial charge in [0, 0.05) is 5.56 Å². The number of rotatable bonds is 6. The number of likely N-dealkylation sites (N-methyl/N-ethyl adjacent to an activating group) is 1. The molecular formula is C16H15F2NO3. The average molecular weight is 307 g/mol. The van der Waals surface area contributed by atoms with E-state index in [9.17, 15) is 13.6 Å². The highest BCUT2D eigenvalue weighted by Gasteiger charge is 2.45. The Morgan fingerprint density at radius 3 is 2.36 bits per heavy atom. The van der Waals surface area contributed by atoms with E-state index in [4.69, 9.17) is 9.84 Å². The summed E-state index contributed by atoms with van der Waals surface area (Å²) in [5.41, 5.74) is -0.428. The molecule has 116 valence electrons. The summed E-state index contributed by atoms with van der Waals surface area (Å²) in [6, 6.07) is 11.9. The molecule has 2 aromatic carbocycles. The minimum absolute atomic E-state index is 0.212. The van der Waals surface area contributed by atoms with Crippen LogP contribution in [0.25, 0.3) is 0 Å². The van der Waals surface area contributed by atoms with Crippen molar-refractivity contribution >= 4 is 5.97 Å². The van der Waals surface area contributed by atoms with Crippen molar-refractivity contribution in [1.29, 1.82) is 0 Å². The number of hydrogen-bond donors (Lipinski definition) is 2.